The van der Waals surface area contributed by atoms with Crippen molar-refractivity contribution in [2.24, 2.45) is 0 Å². The number of benzene rings is 3. The molecule has 0 unspecified atom stereocenters. The number of nitrogens with zero attached hydrogens (tertiary/aromatic N) is 2. The van der Waals surface area contributed by atoms with Crippen molar-refractivity contribution in [3.63, 3.8) is 0 Å². The van der Waals surface area contributed by atoms with Crippen LogP contribution in [0.2, 0.25) is 5.02 Å². The number of halogens is 1. The molecule has 1 saturated heterocycles. The van der Waals surface area contributed by atoms with Crippen molar-refractivity contribution >= 4 is 51.5 Å². The fourth-order valence-electron chi connectivity index (χ4n) is 4.38. The van der Waals surface area contributed by atoms with Crippen molar-refractivity contribution < 1.29 is 0 Å². The predicted molar refractivity (Wildman–Crippen MR) is 144 cm³/mol. The molecular weight excluding hydrogens is 448 g/mol. The van der Waals surface area contributed by atoms with Crippen molar-refractivity contribution in [1.82, 2.24) is 9.80 Å². The van der Waals surface area contributed by atoms with Crippen molar-refractivity contribution in [3.8, 4) is 0 Å². The van der Waals surface area contributed by atoms with Crippen LogP contribution in [0.15, 0.2) is 72.8 Å². The van der Waals surface area contributed by atoms with Crippen LogP contribution < -0.4 is 10.6 Å². The Bertz CT molecular complexity index is 1180. The lowest BCUT2D eigenvalue weighted by atomic mass is 10.0. The molecule has 3 aromatic carbocycles. The van der Waals surface area contributed by atoms with Gasteiger partial charge in [0.25, 0.3) is 0 Å². The van der Waals surface area contributed by atoms with Crippen molar-refractivity contribution in [2.45, 2.75) is 6.54 Å². The number of likely N-dealkylation sites (N-methyl/N-ethyl adjacent to an activating group) is 1. The molecule has 0 amide bonds. The van der Waals surface area contributed by atoms with Crippen LogP contribution in [0.3, 0.4) is 0 Å². The minimum Gasteiger partial charge on any atom is -0.354 e. The average Bonchev–Trinajstić information content (AvgIpc) is 3.15. The summed E-state index contributed by atoms with van der Waals surface area (Å²) in [5.74, 6) is 0. The molecule has 2 N–H and O–H groups in total. The number of fused-ring (bicyclic) bond motifs is 1. The summed E-state index contributed by atoms with van der Waals surface area (Å²) < 4.78 is 0. The topological polar surface area (TPSA) is 30.5 Å². The summed E-state index contributed by atoms with van der Waals surface area (Å²) in [6, 6.07) is 24.9. The van der Waals surface area contributed by atoms with Crippen LogP contribution >= 0.6 is 23.8 Å². The molecule has 168 valence electrons. The Morgan fingerprint density at radius 1 is 0.970 bits per heavy atom. The van der Waals surface area contributed by atoms with E-state index in [4.69, 9.17) is 23.8 Å². The number of thiocarbonyl (C=S) groups is 1. The minimum atomic E-state index is 0.690. The molecule has 6 heteroatoms. The standard InChI is InChI=1S/C27H27ClN4S/c1-31-13-15-32(16-14-31)18-19-7-10-22(11-8-19)29-26(20-5-3-2-4-6-20)25-23-12-9-21(28)17-24(23)30-27(25)33/h2-12,17,29H,13-16,18H2,1H3,(H,30,33). The molecule has 2 heterocycles. The van der Waals surface area contributed by atoms with Crippen LogP contribution in [0.1, 0.15) is 16.7 Å². The van der Waals surface area contributed by atoms with Crippen LogP contribution in [0.5, 0.6) is 0 Å². The predicted octanol–water partition coefficient (Wildman–Crippen LogP) is 5.82. The van der Waals surface area contributed by atoms with Crippen molar-refractivity contribution in [3.05, 3.63) is 94.5 Å². The third-order valence-corrected chi connectivity index (χ3v) is 6.81. The molecule has 0 spiro atoms. The third-order valence-electron chi connectivity index (χ3n) is 6.26. The molecule has 0 aliphatic carbocycles. The van der Waals surface area contributed by atoms with Gasteiger partial charge in [-0.1, -0.05) is 72.3 Å². The summed E-state index contributed by atoms with van der Waals surface area (Å²) in [6.07, 6.45) is 0. The van der Waals surface area contributed by atoms with Gasteiger partial charge in [-0.2, -0.15) is 0 Å². The Hall–Kier alpha value is -2.70. The molecule has 0 aromatic heterocycles. The molecule has 0 saturated carbocycles. The molecule has 0 radical (unpaired) electrons. The Labute approximate surface area is 205 Å². The largest absolute Gasteiger partial charge is 0.354 e. The van der Waals surface area contributed by atoms with E-state index < -0.39 is 0 Å². The van der Waals surface area contributed by atoms with Gasteiger partial charge >= 0.3 is 0 Å². The molecule has 2 aliphatic rings. The third kappa shape index (κ3) is 4.97. The molecule has 0 bridgehead atoms. The van der Waals surface area contributed by atoms with Crippen LogP contribution in [0.25, 0.3) is 11.3 Å². The molecule has 3 aromatic rings. The van der Waals surface area contributed by atoms with Crippen LogP contribution in [-0.2, 0) is 6.54 Å². The maximum absolute atomic E-state index is 6.22. The summed E-state index contributed by atoms with van der Waals surface area (Å²) in [5.41, 5.74) is 7.43. The normalized spacial score (nSPS) is 18.1. The van der Waals surface area contributed by atoms with Gasteiger partial charge in [0.15, 0.2) is 0 Å². The lowest BCUT2D eigenvalue weighted by Gasteiger charge is -2.32. The SMILES string of the molecule is CN1CCN(Cc2ccc(NC(=C3C(=S)Nc4cc(Cl)ccc43)c3ccccc3)cc2)CC1. The highest BCUT2D eigenvalue weighted by atomic mass is 35.5. The highest BCUT2D eigenvalue weighted by Gasteiger charge is 2.25. The van der Waals surface area contributed by atoms with E-state index in [1.807, 2.05) is 36.4 Å². The monoisotopic (exact) mass is 474 g/mol. The summed E-state index contributed by atoms with van der Waals surface area (Å²) >= 11 is 12.0. The van der Waals surface area contributed by atoms with E-state index in [0.29, 0.717) is 10.0 Å². The van der Waals surface area contributed by atoms with Gasteiger partial charge in [-0.25, -0.2) is 0 Å². The van der Waals surface area contributed by atoms with E-state index in [-0.39, 0.29) is 0 Å². The van der Waals surface area contributed by atoms with Gasteiger partial charge in [-0.15, -0.1) is 0 Å². The van der Waals surface area contributed by atoms with E-state index >= 15 is 0 Å². The van der Waals surface area contributed by atoms with E-state index in [2.05, 4.69) is 63.9 Å². The zero-order valence-corrected chi connectivity index (χ0v) is 20.2. The molecular formula is C27H27ClN4S. The number of rotatable bonds is 5. The second-order valence-corrected chi connectivity index (χ2v) is 9.51. The molecule has 4 nitrogen and oxygen atoms in total. The van der Waals surface area contributed by atoms with Crippen LogP contribution in [0, 0.1) is 0 Å². The smallest absolute Gasteiger partial charge is 0.113 e. The summed E-state index contributed by atoms with van der Waals surface area (Å²) in [5, 5.41) is 7.67. The molecule has 2 aliphatic heterocycles. The fourth-order valence-corrected chi connectivity index (χ4v) is 4.87. The van der Waals surface area contributed by atoms with Crippen LogP contribution in [0.4, 0.5) is 11.4 Å². The Morgan fingerprint density at radius 3 is 2.42 bits per heavy atom. The van der Waals surface area contributed by atoms with Crippen molar-refractivity contribution in [2.75, 3.05) is 43.9 Å². The minimum absolute atomic E-state index is 0.690. The number of piperazine rings is 1. The Kier molecular flexibility index (Phi) is 6.47. The highest BCUT2D eigenvalue weighted by Crippen LogP contribution is 2.39. The lowest BCUT2D eigenvalue weighted by Crippen LogP contribution is -2.43. The van der Waals surface area contributed by atoms with E-state index in [9.17, 15) is 0 Å². The van der Waals surface area contributed by atoms with Gasteiger partial charge in [0.05, 0.1) is 5.70 Å². The first-order valence-corrected chi connectivity index (χ1v) is 12.0. The summed E-state index contributed by atoms with van der Waals surface area (Å²) in [7, 11) is 2.19. The number of hydrogen-bond donors (Lipinski definition) is 2. The molecule has 1 fully saturated rings. The Morgan fingerprint density at radius 2 is 1.70 bits per heavy atom. The van der Waals surface area contributed by atoms with Gasteiger partial charge in [0.1, 0.15) is 4.99 Å². The number of nitrogens with one attached hydrogen (secondary N) is 2. The first-order chi connectivity index (χ1) is 16.1. The van der Waals surface area contributed by atoms with E-state index in [1.54, 1.807) is 0 Å². The Balaban J connectivity index is 1.44. The van der Waals surface area contributed by atoms with Crippen molar-refractivity contribution in [1.29, 1.82) is 0 Å². The molecule has 33 heavy (non-hydrogen) atoms. The number of hydrogen-bond acceptors (Lipinski definition) is 4. The average molecular weight is 475 g/mol. The zero-order chi connectivity index (χ0) is 22.8. The summed E-state index contributed by atoms with van der Waals surface area (Å²) in [4.78, 5) is 5.60. The maximum Gasteiger partial charge on any atom is 0.113 e. The lowest BCUT2D eigenvalue weighted by molar-refractivity contribution is 0.148. The quantitative estimate of drug-likeness (QED) is 0.359. The first kappa shape index (κ1) is 22.1. The fraction of sp³-hybridized carbons (Fsp3) is 0.222. The maximum atomic E-state index is 6.22. The molecule has 5 rings (SSSR count). The second-order valence-electron chi connectivity index (χ2n) is 8.66. The van der Waals surface area contributed by atoms with Gasteiger partial charge in [-0.3, -0.25) is 4.90 Å². The molecule has 0 atom stereocenters. The van der Waals surface area contributed by atoms with Gasteiger partial charge in [0, 0.05) is 60.3 Å². The van der Waals surface area contributed by atoms with E-state index in [0.717, 1.165) is 66.5 Å². The first-order valence-electron chi connectivity index (χ1n) is 11.2. The zero-order valence-electron chi connectivity index (χ0n) is 18.6. The van der Waals surface area contributed by atoms with Gasteiger partial charge in [-0.05, 0) is 42.4 Å². The summed E-state index contributed by atoms with van der Waals surface area (Å²) in [6.45, 7) is 5.49. The van der Waals surface area contributed by atoms with Gasteiger partial charge in [0.2, 0.25) is 0 Å². The van der Waals surface area contributed by atoms with Gasteiger partial charge < -0.3 is 15.5 Å². The second kappa shape index (κ2) is 9.65. The van der Waals surface area contributed by atoms with Crippen LogP contribution in [-0.4, -0.2) is 48.0 Å². The highest BCUT2D eigenvalue weighted by molar-refractivity contribution is 7.81. The number of anilines is 2. The van der Waals surface area contributed by atoms with E-state index in [1.165, 1.54) is 5.56 Å².